The average molecular weight is 226 g/mol. The summed E-state index contributed by atoms with van der Waals surface area (Å²) in [6.07, 6.45) is 1.67. The van der Waals surface area contributed by atoms with E-state index in [1.807, 2.05) is 0 Å². The molecule has 7 heteroatoms. The molecule has 1 rings (SSSR count). The zero-order valence-corrected chi connectivity index (χ0v) is 8.72. The van der Waals surface area contributed by atoms with E-state index in [-0.39, 0.29) is 25.3 Å². The first-order valence-electron chi connectivity index (χ1n) is 4.89. The third-order valence-electron chi connectivity index (χ3n) is 2.04. The van der Waals surface area contributed by atoms with Gasteiger partial charge in [0.1, 0.15) is 12.4 Å². The number of nitrogens with one attached hydrogen (secondary N) is 1. The van der Waals surface area contributed by atoms with E-state index >= 15 is 0 Å². The van der Waals surface area contributed by atoms with Crippen molar-refractivity contribution in [2.45, 2.75) is 18.9 Å². The maximum Gasteiger partial charge on any atom is 0.326 e. The summed E-state index contributed by atoms with van der Waals surface area (Å²) in [5, 5.41) is 11.3. The molecule has 0 aromatic heterocycles. The van der Waals surface area contributed by atoms with Gasteiger partial charge in [0.15, 0.2) is 0 Å². The summed E-state index contributed by atoms with van der Waals surface area (Å²) in [7, 11) is 0. The van der Waals surface area contributed by atoms with E-state index < -0.39 is 12.0 Å². The second-order valence-electron chi connectivity index (χ2n) is 3.35. The lowest BCUT2D eigenvalue weighted by Crippen LogP contribution is -2.42. The van der Waals surface area contributed by atoms with Gasteiger partial charge in [0.25, 0.3) is 0 Å². The van der Waals surface area contributed by atoms with Gasteiger partial charge in [-0.25, -0.2) is 9.79 Å². The Labute approximate surface area is 92.5 Å². The van der Waals surface area contributed by atoms with Crippen LogP contribution in [0.5, 0.6) is 0 Å². The number of hydrogen-bond acceptors (Lipinski definition) is 5. The van der Waals surface area contributed by atoms with Crippen LogP contribution < -0.4 is 11.1 Å². The van der Waals surface area contributed by atoms with Gasteiger partial charge in [-0.05, 0) is 0 Å². The highest BCUT2D eigenvalue weighted by Crippen LogP contribution is 2.00. The van der Waals surface area contributed by atoms with Crippen molar-refractivity contribution in [2.24, 2.45) is 15.7 Å². The van der Waals surface area contributed by atoms with Crippen LogP contribution in [-0.4, -0.2) is 48.2 Å². The van der Waals surface area contributed by atoms with Gasteiger partial charge in [-0.2, -0.15) is 0 Å². The number of nitrogens with two attached hydrogens (primary N) is 1. The number of nitrogens with zero attached hydrogens (tertiary/aromatic N) is 2. The highest BCUT2D eigenvalue weighted by atomic mass is 16.4. The predicted octanol–water partition coefficient (Wildman–Crippen LogP) is -1.22. The maximum absolute atomic E-state index is 11.2. The van der Waals surface area contributed by atoms with Gasteiger partial charge in [-0.15, -0.1) is 0 Å². The van der Waals surface area contributed by atoms with Crippen molar-refractivity contribution in [3.8, 4) is 0 Å². The molecule has 1 atom stereocenters. The largest absolute Gasteiger partial charge is 0.480 e. The van der Waals surface area contributed by atoms with Crippen molar-refractivity contribution in [1.29, 1.82) is 0 Å². The summed E-state index contributed by atoms with van der Waals surface area (Å²) in [5.41, 5.74) is 5.85. The molecule has 4 N–H and O–H groups in total. The molecule has 0 fully saturated rings. The van der Waals surface area contributed by atoms with Gasteiger partial charge in [-0.3, -0.25) is 9.79 Å². The fourth-order valence-corrected chi connectivity index (χ4v) is 1.26. The SMILES string of the molecule is NCCC(=O)N[C@@H](CC1=NC=NC1)C(=O)O. The average Bonchev–Trinajstić information content (AvgIpc) is 2.69. The molecule has 1 aliphatic heterocycles. The van der Waals surface area contributed by atoms with Crippen LogP contribution in [0.3, 0.4) is 0 Å². The topological polar surface area (TPSA) is 117 Å². The zero-order valence-electron chi connectivity index (χ0n) is 8.72. The first kappa shape index (κ1) is 12.3. The number of amides is 1. The van der Waals surface area contributed by atoms with Crippen LogP contribution in [0.15, 0.2) is 9.98 Å². The van der Waals surface area contributed by atoms with Crippen molar-refractivity contribution in [1.82, 2.24) is 5.32 Å². The number of carbonyl (C=O) groups is 2. The molecule has 88 valence electrons. The molecular formula is C9H14N4O3. The van der Waals surface area contributed by atoms with E-state index in [1.54, 1.807) is 0 Å². The van der Waals surface area contributed by atoms with Crippen LogP contribution in [0, 0.1) is 0 Å². The molecule has 16 heavy (non-hydrogen) atoms. The molecule has 7 nitrogen and oxygen atoms in total. The molecule has 0 spiro atoms. The fraction of sp³-hybridized carbons (Fsp3) is 0.556. The standard InChI is InChI=1S/C9H14N4O3/c10-2-1-8(14)13-7(9(15)16)3-6-4-11-5-12-6/h5,7H,1-4,10H2,(H,13,14)(H,15,16)/t7-/m0/s1. The lowest BCUT2D eigenvalue weighted by Gasteiger charge is -2.13. The number of aliphatic imine (C=N–C) groups is 2. The van der Waals surface area contributed by atoms with Crippen LogP contribution in [-0.2, 0) is 9.59 Å². The number of carboxylic acids is 1. The molecule has 1 aliphatic rings. The Hall–Kier alpha value is -1.76. The van der Waals surface area contributed by atoms with E-state index in [1.165, 1.54) is 6.34 Å². The molecule has 0 unspecified atom stereocenters. The second-order valence-corrected chi connectivity index (χ2v) is 3.35. The molecule has 0 saturated carbocycles. The molecule has 0 aromatic rings. The Morgan fingerprint density at radius 3 is 2.88 bits per heavy atom. The van der Waals surface area contributed by atoms with Gasteiger partial charge < -0.3 is 16.2 Å². The van der Waals surface area contributed by atoms with Gasteiger partial charge >= 0.3 is 5.97 Å². The Kier molecular flexibility index (Phi) is 4.59. The van der Waals surface area contributed by atoms with E-state index in [2.05, 4.69) is 15.3 Å². The Balaban J connectivity index is 2.47. The molecule has 0 aliphatic carbocycles. The lowest BCUT2D eigenvalue weighted by molar-refractivity contribution is -0.141. The molecule has 0 aromatic carbocycles. The maximum atomic E-state index is 11.2. The van der Waals surface area contributed by atoms with Gasteiger partial charge in [0, 0.05) is 25.1 Å². The third-order valence-corrected chi connectivity index (χ3v) is 2.04. The van der Waals surface area contributed by atoms with Crippen LogP contribution >= 0.6 is 0 Å². The van der Waals surface area contributed by atoms with Crippen molar-refractivity contribution in [3.05, 3.63) is 0 Å². The molecule has 0 saturated heterocycles. The quantitative estimate of drug-likeness (QED) is 0.526. The number of aliphatic carboxylic acids is 1. The minimum absolute atomic E-state index is 0.118. The van der Waals surface area contributed by atoms with E-state index in [9.17, 15) is 9.59 Å². The first-order valence-corrected chi connectivity index (χ1v) is 4.89. The number of carbonyl (C=O) groups excluding carboxylic acids is 1. The monoisotopic (exact) mass is 226 g/mol. The van der Waals surface area contributed by atoms with Crippen molar-refractivity contribution < 1.29 is 14.7 Å². The highest BCUT2D eigenvalue weighted by molar-refractivity contribution is 5.99. The van der Waals surface area contributed by atoms with Crippen LogP contribution in [0.1, 0.15) is 12.8 Å². The van der Waals surface area contributed by atoms with E-state index in [0.717, 1.165) is 0 Å². The van der Waals surface area contributed by atoms with Crippen molar-refractivity contribution >= 4 is 23.9 Å². The summed E-state index contributed by atoms with van der Waals surface area (Å²) in [4.78, 5) is 29.8. The van der Waals surface area contributed by atoms with Crippen LogP contribution in [0.4, 0.5) is 0 Å². The van der Waals surface area contributed by atoms with Gasteiger partial charge in [-0.1, -0.05) is 0 Å². The minimum atomic E-state index is -1.08. The molecule has 1 heterocycles. The Morgan fingerprint density at radius 2 is 2.38 bits per heavy atom. The molecule has 0 radical (unpaired) electrons. The fourth-order valence-electron chi connectivity index (χ4n) is 1.26. The summed E-state index contributed by atoms with van der Waals surface area (Å²) < 4.78 is 0. The number of carboxylic acid groups (broad SMARTS) is 1. The second kappa shape index (κ2) is 5.96. The predicted molar refractivity (Wildman–Crippen MR) is 58.6 cm³/mol. The summed E-state index contributed by atoms with van der Waals surface area (Å²) >= 11 is 0. The third kappa shape index (κ3) is 3.77. The smallest absolute Gasteiger partial charge is 0.326 e. The normalized spacial score (nSPS) is 15.7. The number of rotatable bonds is 6. The van der Waals surface area contributed by atoms with Crippen molar-refractivity contribution in [3.63, 3.8) is 0 Å². The van der Waals surface area contributed by atoms with Crippen LogP contribution in [0.25, 0.3) is 0 Å². The summed E-state index contributed by atoms with van der Waals surface area (Å²) in [5.74, 6) is -1.45. The number of hydrogen-bond donors (Lipinski definition) is 3. The minimum Gasteiger partial charge on any atom is -0.480 e. The zero-order chi connectivity index (χ0) is 12.0. The first-order chi connectivity index (χ1) is 7.63. The molecule has 0 bridgehead atoms. The van der Waals surface area contributed by atoms with Gasteiger partial charge in [0.2, 0.25) is 5.91 Å². The van der Waals surface area contributed by atoms with E-state index in [4.69, 9.17) is 10.8 Å². The van der Waals surface area contributed by atoms with Gasteiger partial charge in [0.05, 0.1) is 6.54 Å². The van der Waals surface area contributed by atoms with Crippen molar-refractivity contribution in [2.75, 3.05) is 13.1 Å². The van der Waals surface area contributed by atoms with Crippen LogP contribution in [0.2, 0.25) is 0 Å². The van der Waals surface area contributed by atoms with E-state index in [0.29, 0.717) is 12.3 Å². The molecular weight excluding hydrogens is 212 g/mol. The highest BCUT2D eigenvalue weighted by Gasteiger charge is 2.22. The Bertz CT molecular complexity index is 338. The summed E-state index contributed by atoms with van der Waals surface area (Å²) in [6.45, 7) is 0.596. The molecule has 1 amide bonds. The Morgan fingerprint density at radius 1 is 1.62 bits per heavy atom. The summed E-state index contributed by atoms with van der Waals surface area (Å²) in [6, 6.07) is -0.959. The lowest BCUT2D eigenvalue weighted by atomic mass is 10.1.